The van der Waals surface area contributed by atoms with Crippen molar-refractivity contribution in [3.05, 3.63) is 148 Å². The van der Waals surface area contributed by atoms with Crippen LogP contribution in [0, 0.1) is 0 Å². The van der Waals surface area contributed by atoms with Gasteiger partial charge in [-0.25, -0.2) is 0 Å². The number of amides is 3. The third-order valence-electron chi connectivity index (χ3n) is 12.1. The highest BCUT2D eigenvalue weighted by Crippen LogP contribution is 2.33. The van der Waals surface area contributed by atoms with Crippen LogP contribution in [-0.2, 0) is 20.8 Å². The normalized spacial score (nSPS) is 14.1. The molecule has 3 aromatic carbocycles. The number of phenols is 1. The van der Waals surface area contributed by atoms with Crippen LogP contribution in [0.25, 0.3) is 22.7 Å². The van der Waals surface area contributed by atoms with Crippen molar-refractivity contribution in [2.75, 3.05) is 45.2 Å². The van der Waals surface area contributed by atoms with Gasteiger partial charge in [0.05, 0.1) is 11.4 Å². The van der Waals surface area contributed by atoms with Crippen molar-refractivity contribution in [1.29, 1.82) is 0 Å². The summed E-state index contributed by atoms with van der Waals surface area (Å²) in [6.45, 7) is 4.60. The Morgan fingerprint density at radius 3 is 2.29 bits per heavy atom. The van der Waals surface area contributed by atoms with Gasteiger partial charge in [-0.2, -0.15) is 0 Å². The molecule has 5 aromatic rings. The minimum Gasteiger partial charge on any atom is -0.508 e. The fourth-order valence-corrected chi connectivity index (χ4v) is 9.04. The maximum atomic E-state index is 14.0. The molecule has 0 spiro atoms. The van der Waals surface area contributed by atoms with Crippen molar-refractivity contribution >= 4 is 60.0 Å². The lowest BCUT2D eigenvalue weighted by Gasteiger charge is -2.19. The van der Waals surface area contributed by atoms with Crippen LogP contribution in [0.3, 0.4) is 0 Å². The summed E-state index contributed by atoms with van der Waals surface area (Å²) in [5, 5.41) is 24.4. The van der Waals surface area contributed by atoms with E-state index in [9.17, 15) is 28.1 Å². The average molecular weight is 971 g/mol. The third kappa shape index (κ3) is 17.1. The van der Waals surface area contributed by atoms with Gasteiger partial charge in [-0.15, -0.1) is 11.3 Å². The number of hydrogen-bond acceptors (Lipinski definition) is 8. The monoisotopic (exact) mass is 970 g/mol. The van der Waals surface area contributed by atoms with Crippen molar-refractivity contribution < 1.29 is 32.9 Å². The summed E-state index contributed by atoms with van der Waals surface area (Å²) >= 11 is 1.42. The molecule has 0 radical (unpaired) electrons. The first-order valence-corrected chi connectivity index (χ1v) is 25.2. The molecule has 3 amide bonds. The quantitative estimate of drug-likeness (QED) is 0.0161. The Kier molecular flexibility index (Phi) is 21.3. The number of nitrogens with one attached hydrogen (secondary N) is 4. The third-order valence-corrected chi connectivity index (χ3v) is 13.0. The molecule has 0 bridgehead atoms. The molecule has 0 aliphatic carbocycles. The summed E-state index contributed by atoms with van der Waals surface area (Å²) in [4.78, 5) is 42.4. The van der Waals surface area contributed by atoms with Crippen LogP contribution in [-0.4, -0.2) is 80.3 Å². The molecule has 368 valence electrons. The highest BCUT2D eigenvalue weighted by atomic mass is 32.1. The van der Waals surface area contributed by atoms with Crippen LogP contribution in [0.5, 0.6) is 11.5 Å². The average Bonchev–Trinajstić information content (AvgIpc) is 4.00. The number of unbranched alkanes of at least 4 members (excludes halogenated alkanes) is 6. The number of benzene rings is 3. The lowest BCUT2D eigenvalue weighted by molar-refractivity contribution is -0.123. The number of nitrogens with zero attached hydrogens (tertiary/aromatic N) is 2. The maximum absolute atomic E-state index is 14.0. The SMILES string of the molecule is CN=C(/C=C\C(C)=C\c1ccc(-c2cccs2)n1B(F)F)/C=C/c1ccc(OCC(=O)NCCCCCC(=O)NCCCCCCCC(=O)Nc2ccc(C3CNCCc4ccc(O)cc43)cc2)cc1. The second-order valence-electron chi connectivity index (χ2n) is 17.4. The molecular weight excluding hydrogens is 906 g/mol. The first kappa shape index (κ1) is 52.8. The zero-order valence-corrected chi connectivity index (χ0v) is 41.0. The number of halogens is 2. The number of carbonyl (C=O) groups excluding carboxylic acids is 3. The summed E-state index contributed by atoms with van der Waals surface area (Å²) in [5.74, 6) is 0.817. The molecule has 0 saturated heterocycles. The zero-order chi connectivity index (χ0) is 49.5. The lowest BCUT2D eigenvalue weighted by Crippen LogP contribution is -2.29. The van der Waals surface area contributed by atoms with Crippen LogP contribution in [0.2, 0.25) is 0 Å². The summed E-state index contributed by atoms with van der Waals surface area (Å²) in [6.07, 6.45) is 18.0. The molecule has 2 aromatic heterocycles. The van der Waals surface area contributed by atoms with Crippen molar-refractivity contribution in [3.63, 3.8) is 0 Å². The highest BCUT2D eigenvalue weighted by Gasteiger charge is 2.24. The number of carbonyl (C=O) groups is 3. The predicted molar refractivity (Wildman–Crippen MR) is 282 cm³/mol. The van der Waals surface area contributed by atoms with Gasteiger partial charge in [0, 0.05) is 61.7 Å². The Hall–Kier alpha value is -6.58. The number of rotatable bonds is 26. The topological polar surface area (TPSA) is 146 Å². The van der Waals surface area contributed by atoms with E-state index >= 15 is 0 Å². The molecule has 5 N–H and O–H groups in total. The van der Waals surface area contributed by atoms with Crippen molar-refractivity contribution in [3.8, 4) is 22.1 Å². The van der Waals surface area contributed by atoms with E-state index in [2.05, 4.69) is 38.4 Å². The van der Waals surface area contributed by atoms with Gasteiger partial charge in [-0.1, -0.05) is 74.2 Å². The molecular formula is C55H65BF2N6O5S. The highest BCUT2D eigenvalue weighted by molar-refractivity contribution is 7.13. The van der Waals surface area contributed by atoms with E-state index in [-0.39, 0.29) is 36.0 Å². The summed E-state index contributed by atoms with van der Waals surface area (Å²) in [7, 11) is -0.979. The number of aromatic hydroxyl groups is 1. The fraction of sp³-hybridized carbons (Fsp3) is 0.345. The summed E-state index contributed by atoms with van der Waals surface area (Å²) in [5.41, 5.74) is 7.63. The molecule has 1 atom stereocenters. The molecule has 1 aliphatic heterocycles. The molecule has 0 saturated carbocycles. The van der Waals surface area contributed by atoms with E-state index in [0.717, 1.165) is 108 Å². The van der Waals surface area contributed by atoms with Crippen LogP contribution < -0.4 is 26.0 Å². The Bertz CT molecular complexity index is 2570. The number of aliphatic imine (C=N–C) groups is 1. The maximum Gasteiger partial charge on any atom is 0.678 e. The van der Waals surface area contributed by atoms with E-state index in [4.69, 9.17) is 4.74 Å². The molecule has 1 unspecified atom stereocenters. The van der Waals surface area contributed by atoms with Crippen LogP contribution >= 0.6 is 11.3 Å². The number of ether oxygens (including phenoxy) is 1. The lowest BCUT2D eigenvalue weighted by atomic mass is 9.88. The van der Waals surface area contributed by atoms with Gasteiger partial charge in [0.25, 0.3) is 5.91 Å². The van der Waals surface area contributed by atoms with E-state index in [0.29, 0.717) is 48.8 Å². The first-order valence-electron chi connectivity index (χ1n) is 24.3. The van der Waals surface area contributed by atoms with E-state index in [1.54, 1.807) is 43.5 Å². The van der Waals surface area contributed by atoms with Gasteiger partial charge in [-0.05, 0) is 152 Å². The number of phenolic OH excluding ortho intramolecular Hbond substituents is 1. The molecule has 6 rings (SSSR count). The molecule has 11 nitrogen and oxygen atoms in total. The molecule has 70 heavy (non-hydrogen) atoms. The van der Waals surface area contributed by atoms with E-state index in [1.807, 2.05) is 85.1 Å². The van der Waals surface area contributed by atoms with Gasteiger partial charge in [-0.3, -0.25) is 28.0 Å². The van der Waals surface area contributed by atoms with Crippen LogP contribution in [0.15, 0.2) is 125 Å². The number of aromatic nitrogens is 1. The minimum atomic E-state index is -2.66. The summed E-state index contributed by atoms with van der Waals surface area (Å²) < 4.78 is 34.7. The molecule has 0 fully saturated rings. The first-order chi connectivity index (χ1) is 34.1. The van der Waals surface area contributed by atoms with Crippen molar-refractivity contribution in [2.45, 2.75) is 83.5 Å². The van der Waals surface area contributed by atoms with Crippen LogP contribution in [0.4, 0.5) is 14.3 Å². The number of fused-ring (bicyclic) bond motifs is 1. The van der Waals surface area contributed by atoms with Gasteiger partial charge in [0.2, 0.25) is 11.8 Å². The predicted octanol–water partition coefficient (Wildman–Crippen LogP) is 10.9. The smallest absolute Gasteiger partial charge is 0.508 e. The van der Waals surface area contributed by atoms with E-state index < -0.39 is 7.40 Å². The van der Waals surface area contributed by atoms with Gasteiger partial charge in [0.15, 0.2) is 6.61 Å². The number of anilines is 1. The van der Waals surface area contributed by atoms with Crippen LogP contribution in [0.1, 0.15) is 105 Å². The Labute approximate surface area is 415 Å². The molecule has 15 heteroatoms. The zero-order valence-electron chi connectivity index (χ0n) is 40.2. The fourth-order valence-electron chi connectivity index (χ4n) is 8.29. The van der Waals surface area contributed by atoms with Crippen molar-refractivity contribution in [2.24, 2.45) is 4.99 Å². The second-order valence-corrected chi connectivity index (χ2v) is 18.4. The largest absolute Gasteiger partial charge is 0.678 e. The summed E-state index contributed by atoms with van der Waals surface area (Å²) in [6, 6.07) is 28.1. The Balaban J connectivity index is 0.754. The Morgan fingerprint density at radius 2 is 1.56 bits per heavy atom. The van der Waals surface area contributed by atoms with Crippen molar-refractivity contribution in [1.82, 2.24) is 20.4 Å². The van der Waals surface area contributed by atoms with E-state index in [1.165, 1.54) is 16.9 Å². The number of allylic oxidation sites excluding steroid dienone is 4. The number of thiophene rings is 1. The van der Waals surface area contributed by atoms with Gasteiger partial charge in [0.1, 0.15) is 11.5 Å². The Morgan fingerprint density at radius 1 is 0.843 bits per heavy atom. The second kappa shape index (κ2) is 28.2. The molecule has 1 aliphatic rings. The minimum absolute atomic E-state index is 0.00706. The van der Waals surface area contributed by atoms with Gasteiger partial charge < -0.3 is 35.6 Å². The van der Waals surface area contributed by atoms with Gasteiger partial charge >= 0.3 is 7.40 Å². The molecule has 3 heterocycles. The number of hydrogen-bond donors (Lipinski definition) is 5. The standard InChI is InChI=1S/C55H65BF2N6O5S/c1-40(36-46-26-30-51(64(46)56(57)58)52-12-11-35-70-52)15-22-44(59-2)23-16-41-17-28-48(29-18-41)69-39-55(68)62-33-10-6-8-13-53(66)61-32-9-5-3-4-7-14-54(67)63-45-24-19-42(20-25-45)50-38-60-34-31-43-21-27-47(65)37-49(43)50/h11-12,15-30,35-37,50,60,65H,3-10,13-14,31-34,38-39H2,1-2H3,(H,61,66)(H,62,68)(H,63,67)/b22-15-,23-16+,40-36+,59-44?.